The van der Waals surface area contributed by atoms with Crippen LogP contribution in [0.4, 0.5) is 4.79 Å². The molecule has 1 rings (SSSR count). The van der Waals surface area contributed by atoms with Crippen molar-refractivity contribution in [3.05, 3.63) is 0 Å². The van der Waals surface area contributed by atoms with Crippen molar-refractivity contribution in [3.63, 3.8) is 0 Å². The van der Waals surface area contributed by atoms with Crippen molar-refractivity contribution in [2.45, 2.75) is 70.0 Å². The van der Waals surface area contributed by atoms with Gasteiger partial charge in [-0.05, 0) is 48.0 Å². The maximum absolute atomic E-state index is 12.2. The average molecular weight is 350 g/mol. The molecule has 5 nitrogen and oxygen atoms in total. The summed E-state index contributed by atoms with van der Waals surface area (Å²) < 4.78 is 10.7. The van der Waals surface area contributed by atoms with E-state index in [0.717, 1.165) is 0 Å². The number of carbonyl (C=O) groups is 2. The van der Waals surface area contributed by atoms with Gasteiger partial charge in [0.05, 0.1) is 0 Å². The van der Waals surface area contributed by atoms with Gasteiger partial charge in [-0.3, -0.25) is 4.90 Å². The molecule has 2 atom stereocenters. The van der Waals surface area contributed by atoms with Crippen molar-refractivity contribution in [3.8, 4) is 0 Å². The number of hydrogen-bond donors (Lipinski definition) is 0. The summed E-state index contributed by atoms with van der Waals surface area (Å²) in [6, 6.07) is -0.589. The molecule has 1 saturated heterocycles. The first kappa shape index (κ1) is 17.3. The van der Waals surface area contributed by atoms with Gasteiger partial charge in [-0.2, -0.15) is 0 Å². The van der Waals surface area contributed by atoms with Gasteiger partial charge in [0.2, 0.25) is 0 Å². The maximum atomic E-state index is 12.2. The van der Waals surface area contributed by atoms with Crippen molar-refractivity contribution in [1.82, 2.24) is 4.90 Å². The second kappa shape index (κ2) is 5.92. The van der Waals surface area contributed by atoms with Gasteiger partial charge in [0.15, 0.2) is 0 Å². The summed E-state index contributed by atoms with van der Waals surface area (Å²) >= 11 is 3.46. The van der Waals surface area contributed by atoms with E-state index in [1.807, 2.05) is 20.8 Å². The smallest absolute Gasteiger partial charge is 0.411 e. The van der Waals surface area contributed by atoms with Gasteiger partial charge >= 0.3 is 12.1 Å². The number of carbonyl (C=O) groups excluding carboxylic acids is 2. The number of amides is 1. The van der Waals surface area contributed by atoms with Crippen LogP contribution in [0.1, 0.15) is 48.0 Å². The molecule has 6 heteroatoms. The summed E-state index contributed by atoms with van der Waals surface area (Å²) in [6.45, 7) is 11.3. The van der Waals surface area contributed by atoms with Crippen LogP contribution < -0.4 is 0 Å². The Labute approximate surface area is 129 Å². The number of esters is 1. The summed E-state index contributed by atoms with van der Waals surface area (Å²) in [6.07, 6.45) is 0.0593. The molecule has 20 heavy (non-hydrogen) atoms. The number of halogens is 1. The van der Waals surface area contributed by atoms with E-state index in [2.05, 4.69) is 15.9 Å². The molecule has 1 unspecified atom stereocenters. The number of rotatable bonds is 1. The topological polar surface area (TPSA) is 55.8 Å². The Balaban J connectivity index is 2.78. The van der Waals surface area contributed by atoms with Crippen LogP contribution in [0.25, 0.3) is 0 Å². The molecule has 0 aromatic rings. The highest BCUT2D eigenvalue weighted by Gasteiger charge is 2.42. The molecular weight excluding hydrogens is 326 g/mol. The SMILES string of the molecule is CC(C)(C)OC(=O)[C@@H]1CC(Br)CN1C(=O)OC(C)(C)C. The number of hydrogen-bond acceptors (Lipinski definition) is 4. The largest absolute Gasteiger partial charge is 0.458 e. The van der Waals surface area contributed by atoms with Gasteiger partial charge in [0.25, 0.3) is 0 Å². The Morgan fingerprint density at radius 2 is 1.55 bits per heavy atom. The lowest BCUT2D eigenvalue weighted by molar-refractivity contribution is -0.160. The van der Waals surface area contributed by atoms with Crippen molar-refractivity contribution in [2.24, 2.45) is 0 Å². The maximum Gasteiger partial charge on any atom is 0.411 e. The Morgan fingerprint density at radius 1 is 1.05 bits per heavy atom. The van der Waals surface area contributed by atoms with Crippen molar-refractivity contribution in [1.29, 1.82) is 0 Å². The second-order valence-electron chi connectivity index (χ2n) is 7.01. The zero-order valence-electron chi connectivity index (χ0n) is 13.0. The second-order valence-corrected chi connectivity index (χ2v) is 8.31. The minimum Gasteiger partial charge on any atom is -0.458 e. The molecule has 0 saturated carbocycles. The molecule has 0 aromatic heterocycles. The monoisotopic (exact) mass is 349 g/mol. The molecular formula is C14H24BrNO4. The predicted molar refractivity (Wildman–Crippen MR) is 79.9 cm³/mol. The van der Waals surface area contributed by atoms with Crippen LogP contribution in [0, 0.1) is 0 Å². The average Bonchev–Trinajstić information content (AvgIpc) is 2.55. The standard InChI is InChI=1S/C14H24BrNO4/c1-13(2,3)19-11(17)10-7-9(15)8-16(10)12(18)20-14(4,5)6/h9-10H,7-8H2,1-6H3/t9?,10-/m0/s1. The van der Waals surface area contributed by atoms with Crippen LogP contribution in [-0.4, -0.2) is 45.6 Å². The molecule has 1 aliphatic heterocycles. The fraction of sp³-hybridized carbons (Fsp3) is 0.857. The lowest BCUT2D eigenvalue weighted by atomic mass is 10.1. The fourth-order valence-corrected chi connectivity index (χ4v) is 2.57. The summed E-state index contributed by atoms with van der Waals surface area (Å²) in [5, 5.41) is 0. The zero-order valence-corrected chi connectivity index (χ0v) is 14.6. The summed E-state index contributed by atoms with van der Waals surface area (Å²) in [7, 11) is 0. The number of alkyl halides is 1. The lowest BCUT2D eigenvalue weighted by Crippen LogP contribution is -2.45. The minimum absolute atomic E-state index is 0.0764. The highest BCUT2D eigenvalue weighted by Crippen LogP contribution is 2.27. The van der Waals surface area contributed by atoms with Gasteiger partial charge in [-0.25, -0.2) is 9.59 Å². The molecule has 116 valence electrons. The molecule has 0 spiro atoms. The van der Waals surface area contributed by atoms with Gasteiger partial charge in [0.1, 0.15) is 17.2 Å². The molecule has 0 radical (unpaired) electrons. The highest BCUT2D eigenvalue weighted by atomic mass is 79.9. The summed E-state index contributed by atoms with van der Waals surface area (Å²) in [5.41, 5.74) is -1.15. The number of nitrogens with zero attached hydrogens (tertiary/aromatic N) is 1. The van der Waals surface area contributed by atoms with Crippen LogP contribution in [-0.2, 0) is 14.3 Å². The van der Waals surface area contributed by atoms with Gasteiger partial charge < -0.3 is 9.47 Å². The van der Waals surface area contributed by atoms with E-state index < -0.39 is 23.3 Å². The normalized spacial score (nSPS) is 23.6. The van der Waals surface area contributed by atoms with E-state index in [1.165, 1.54) is 4.90 Å². The van der Waals surface area contributed by atoms with E-state index in [4.69, 9.17) is 9.47 Å². The third kappa shape index (κ3) is 5.31. The van der Waals surface area contributed by atoms with Crippen LogP contribution >= 0.6 is 15.9 Å². The summed E-state index contributed by atoms with van der Waals surface area (Å²) in [5.74, 6) is -0.384. The van der Waals surface area contributed by atoms with E-state index >= 15 is 0 Å². The number of ether oxygens (including phenoxy) is 2. The van der Waals surface area contributed by atoms with Crippen LogP contribution in [0.2, 0.25) is 0 Å². The quantitative estimate of drug-likeness (QED) is 0.539. The molecule has 0 aliphatic carbocycles. The molecule has 1 amide bonds. The molecule has 1 fully saturated rings. The molecule has 0 bridgehead atoms. The van der Waals surface area contributed by atoms with Crippen molar-refractivity contribution >= 4 is 28.0 Å². The fourth-order valence-electron chi connectivity index (χ4n) is 1.90. The lowest BCUT2D eigenvalue weighted by Gasteiger charge is -2.29. The van der Waals surface area contributed by atoms with Crippen LogP contribution in [0.5, 0.6) is 0 Å². The minimum atomic E-state index is -0.589. The van der Waals surface area contributed by atoms with E-state index in [9.17, 15) is 9.59 Å². The Bertz CT molecular complexity index is 348. The molecule has 1 heterocycles. The number of likely N-dealkylation sites (tertiary alicyclic amines) is 1. The highest BCUT2D eigenvalue weighted by molar-refractivity contribution is 9.09. The Morgan fingerprint density at radius 3 is 2.00 bits per heavy atom. The first-order valence-corrected chi connectivity index (χ1v) is 7.67. The van der Waals surface area contributed by atoms with Crippen LogP contribution in [0.3, 0.4) is 0 Å². The zero-order chi connectivity index (χ0) is 15.7. The first-order chi connectivity index (χ1) is 8.89. The van der Waals surface area contributed by atoms with E-state index in [0.29, 0.717) is 13.0 Å². The first-order valence-electron chi connectivity index (χ1n) is 6.75. The van der Waals surface area contributed by atoms with Crippen molar-refractivity contribution < 1.29 is 19.1 Å². The predicted octanol–water partition coefficient (Wildman–Crippen LogP) is 3.10. The molecule has 0 N–H and O–H groups in total. The Kier molecular flexibility index (Phi) is 5.11. The van der Waals surface area contributed by atoms with Gasteiger partial charge in [-0.15, -0.1) is 0 Å². The van der Waals surface area contributed by atoms with E-state index in [-0.39, 0.29) is 10.8 Å². The van der Waals surface area contributed by atoms with E-state index in [1.54, 1.807) is 20.8 Å². The Hall–Kier alpha value is -0.780. The van der Waals surface area contributed by atoms with Gasteiger partial charge in [-0.1, -0.05) is 15.9 Å². The van der Waals surface area contributed by atoms with Crippen LogP contribution in [0.15, 0.2) is 0 Å². The molecule has 0 aromatic carbocycles. The third-order valence-corrected chi connectivity index (χ3v) is 3.22. The third-order valence-electron chi connectivity index (χ3n) is 2.56. The van der Waals surface area contributed by atoms with Crippen molar-refractivity contribution in [2.75, 3.05) is 6.54 Å². The molecule has 1 aliphatic rings. The van der Waals surface area contributed by atoms with Gasteiger partial charge in [0, 0.05) is 11.4 Å². The summed E-state index contributed by atoms with van der Waals surface area (Å²) in [4.78, 5) is 25.9.